The van der Waals surface area contributed by atoms with E-state index in [1.807, 2.05) is 6.07 Å². The first-order chi connectivity index (χ1) is 9.28. The van der Waals surface area contributed by atoms with Gasteiger partial charge in [0.05, 0.1) is 6.10 Å². The highest BCUT2D eigenvalue weighted by Gasteiger charge is 2.16. The molecule has 2 unspecified atom stereocenters. The average Bonchev–Trinajstić information content (AvgIpc) is 2.91. The molecule has 3 nitrogen and oxygen atoms in total. The van der Waals surface area contributed by atoms with E-state index in [2.05, 4.69) is 5.43 Å². The molecule has 1 saturated heterocycles. The number of halogens is 1. The minimum absolute atomic E-state index is 0.187. The summed E-state index contributed by atoms with van der Waals surface area (Å²) in [6.45, 7) is 0.909. The first-order valence-corrected chi connectivity index (χ1v) is 7.10. The van der Waals surface area contributed by atoms with Crippen LogP contribution in [0.2, 0.25) is 0 Å². The van der Waals surface area contributed by atoms with E-state index in [0.29, 0.717) is 6.10 Å². The van der Waals surface area contributed by atoms with Crippen molar-refractivity contribution in [2.24, 2.45) is 5.84 Å². The molecular weight excluding hydrogens is 243 g/mol. The van der Waals surface area contributed by atoms with Gasteiger partial charge in [-0.05, 0) is 56.2 Å². The summed E-state index contributed by atoms with van der Waals surface area (Å²) in [7, 11) is 0. The van der Waals surface area contributed by atoms with Gasteiger partial charge < -0.3 is 4.74 Å². The first kappa shape index (κ1) is 14.4. The lowest BCUT2D eigenvalue weighted by Gasteiger charge is -2.17. The zero-order chi connectivity index (χ0) is 13.5. The molecule has 2 atom stereocenters. The maximum atomic E-state index is 13.1. The lowest BCUT2D eigenvalue weighted by atomic mass is 10.00. The van der Waals surface area contributed by atoms with E-state index in [4.69, 9.17) is 10.6 Å². The Labute approximate surface area is 114 Å². The molecule has 2 rings (SSSR count). The fourth-order valence-corrected chi connectivity index (χ4v) is 2.66. The quantitative estimate of drug-likeness (QED) is 0.589. The van der Waals surface area contributed by atoms with Crippen molar-refractivity contribution in [3.05, 3.63) is 35.6 Å². The van der Waals surface area contributed by atoms with Crippen molar-refractivity contribution in [1.82, 2.24) is 5.43 Å². The normalized spacial score (nSPS) is 20.6. The van der Waals surface area contributed by atoms with Gasteiger partial charge in [-0.2, -0.15) is 0 Å². The van der Waals surface area contributed by atoms with Crippen molar-refractivity contribution in [3.8, 4) is 0 Å². The molecule has 4 heteroatoms. The van der Waals surface area contributed by atoms with Crippen molar-refractivity contribution >= 4 is 0 Å². The predicted molar refractivity (Wildman–Crippen MR) is 74.0 cm³/mol. The summed E-state index contributed by atoms with van der Waals surface area (Å²) in [6.07, 6.45) is 6.76. The molecule has 1 aromatic carbocycles. The molecular formula is C15H23FN2O. The van der Waals surface area contributed by atoms with E-state index in [9.17, 15) is 4.39 Å². The summed E-state index contributed by atoms with van der Waals surface area (Å²) in [6, 6.07) is 6.91. The number of hydrogen-bond acceptors (Lipinski definition) is 3. The van der Waals surface area contributed by atoms with Gasteiger partial charge in [-0.25, -0.2) is 4.39 Å². The fraction of sp³-hybridized carbons (Fsp3) is 0.600. The Hall–Kier alpha value is -0.970. The molecule has 1 aliphatic rings. The molecule has 0 saturated carbocycles. The molecule has 1 fully saturated rings. The van der Waals surface area contributed by atoms with Crippen LogP contribution in [0.4, 0.5) is 4.39 Å². The summed E-state index contributed by atoms with van der Waals surface area (Å²) in [5.74, 6) is 5.39. The van der Waals surface area contributed by atoms with E-state index in [0.717, 1.165) is 37.9 Å². The summed E-state index contributed by atoms with van der Waals surface area (Å²) in [4.78, 5) is 0. The van der Waals surface area contributed by atoms with Crippen molar-refractivity contribution < 1.29 is 9.13 Å². The van der Waals surface area contributed by atoms with E-state index in [-0.39, 0.29) is 11.9 Å². The van der Waals surface area contributed by atoms with Crippen LogP contribution in [0.5, 0.6) is 0 Å². The van der Waals surface area contributed by atoms with Crippen LogP contribution in [-0.2, 0) is 11.2 Å². The van der Waals surface area contributed by atoms with Gasteiger partial charge in [-0.3, -0.25) is 11.3 Å². The standard InChI is InChI=1S/C15H23FN2O/c16-13-5-1-4-12(10-13)11-14(18-17)6-2-7-15-8-3-9-19-15/h1,4-5,10,14-15,18H,2-3,6-9,11,17H2. The second-order valence-corrected chi connectivity index (χ2v) is 5.26. The molecule has 1 aromatic rings. The van der Waals surface area contributed by atoms with Crippen LogP contribution >= 0.6 is 0 Å². The second-order valence-electron chi connectivity index (χ2n) is 5.26. The third kappa shape index (κ3) is 4.90. The Balaban J connectivity index is 1.73. The van der Waals surface area contributed by atoms with E-state index in [1.54, 1.807) is 12.1 Å². The molecule has 19 heavy (non-hydrogen) atoms. The summed E-state index contributed by atoms with van der Waals surface area (Å²) in [5, 5.41) is 0. The Bertz CT molecular complexity index is 380. The Kier molecular flexibility index (Phi) is 5.76. The van der Waals surface area contributed by atoms with Gasteiger partial charge in [-0.1, -0.05) is 12.1 Å². The van der Waals surface area contributed by atoms with Gasteiger partial charge in [-0.15, -0.1) is 0 Å². The van der Waals surface area contributed by atoms with Crippen LogP contribution < -0.4 is 11.3 Å². The molecule has 0 radical (unpaired) electrons. The zero-order valence-electron chi connectivity index (χ0n) is 11.3. The molecule has 0 aliphatic carbocycles. The highest BCUT2D eigenvalue weighted by molar-refractivity contribution is 5.17. The lowest BCUT2D eigenvalue weighted by molar-refractivity contribution is 0.101. The lowest BCUT2D eigenvalue weighted by Crippen LogP contribution is -2.36. The van der Waals surface area contributed by atoms with Crippen molar-refractivity contribution in [2.45, 2.75) is 50.7 Å². The summed E-state index contributed by atoms with van der Waals surface area (Å²) >= 11 is 0. The second kappa shape index (κ2) is 7.58. The highest BCUT2D eigenvalue weighted by Crippen LogP contribution is 2.19. The maximum absolute atomic E-state index is 13.1. The molecule has 1 aliphatic heterocycles. The highest BCUT2D eigenvalue weighted by atomic mass is 19.1. The molecule has 0 amide bonds. The minimum atomic E-state index is -0.187. The third-order valence-electron chi connectivity index (χ3n) is 3.71. The van der Waals surface area contributed by atoms with Gasteiger partial charge in [0, 0.05) is 12.6 Å². The largest absolute Gasteiger partial charge is 0.378 e. The van der Waals surface area contributed by atoms with Crippen LogP contribution in [0.25, 0.3) is 0 Å². The van der Waals surface area contributed by atoms with Crippen LogP contribution in [-0.4, -0.2) is 18.8 Å². The van der Waals surface area contributed by atoms with Gasteiger partial charge in [0.25, 0.3) is 0 Å². The number of nitrogens with one attached hydrogen (secondary N) is 1. The van der Waals surface area contributed by atoms with Gasteiger partial charge in [0.1, 0.15) is 5.82 Å². The summed E-state index contributed by atoms with van der Waals surface area (Å²) < 4.78 is 18.7. The van der Waals surface area contributed by atoms with E-state index < -0.39 is 0 Å². The van der Waals surface area contributed by atoms with E-state index in [1.165, 1.54) is 18.9 Å². The van der Waals surface area contributed by atoms with Crippen LogP contribution in [0.3, 0.4) is 0 Å². The predicted octanol–water partition coefficient (Wildman–Crippen LogP) is 2.55. The van der Waals surface area contributed by atoms with Crippen molar-refractivity contribution in [3.63, 3.8) is 0 Å². The average molecular weight is 266 g/mol. The Morgan fingerprint density at radius 1 is 1.47 bits per heavy atom. The number of hydrogen-bond donors (Lipinski definition) is 2. The van der Waals surface area contributed by atoms with Crippen LogP contribution in [0.15, 0.2) is 24.3 Å². The number of hydrazine groups is 1. The number of nitrogens with two attached hydrogens (primary N) is 1. The molecule has 0 spiro atoms. The maximum Gasteiger partial charge on any atom is 0.123 e. The van der Waals surface area contributed by atoms with Crippen molar-refractivity contribution in [2.75, 3.05) is 6.61 Å². The monoisotopic (exact) mass is 266 g/mol. The Morgan fingerprint density at radius 2 is 2.37 bits per heavy atom. The zero-order valence-corrected chi connectivity index (χ0v) is 11.3. The molecule has 106 valence electrons. The molecule has 3 N–H and O–H groups in total. The molecule has 0 aromatic heterocycles. The number of benzene rings is 1. The van der Waals surface area contributed by atoms with Crippen LogP contribution in [0.1, 0.15) is 37.7 Å². The van der Waals surface area contributed by atoms with E-state index >= 15 is 0 Å². The third-order valence-corrected chi connectivity index (χ3v) is 3.71. The molecule has 0 bridgehead atoms. The molecule has 1 heterocycles. The minimum Gasteiger partial charge on any atom is -0.378 e. The van der Waals surface area contributed by atoms with Gasteiger partial charge in [0.2, 0.25) is 0 Å². The van der Waals surface area contributed by atoms with Crippen LogP contribution in [0, 0.1) is 5.82 Å². The fourth-order valence-electron chi connectivity index (χ4n) is 2.66. The number of rotatable bonds is 7. The smallest absolute Gasteiger partial charge is 0.123 e. The van der Waals surface area contributed by atoms with Crippen molar-refractivity contribution in [1.29, 1.82) is 0 Å². The van der Waals surface area contributed by atoms with Gasteiger partial charge >= 0.3 is 0 Å². The summed E-state index contributed by atoms with van der Waals surface area (Å²) in [5.41, 5.74) is 3.82. The first-order valence-electron chi connectivity index (χ1n) is 7.10. The number of ether oxygens (including phenoxy) is 1. The Morgan fingerprint density at radius 3 is 3.05 bits per heavy atom. The SMILES string of the molecule is NNC(CCCC1CCCO1)Cc1cccc(F)c1. The topological polar surface area (TPSA) is 47.3 Å². The van der Waals surface area contributed by atoms with Gasteiger partial charge in [0.15, 0.2) is 0 Å².